The van der Waals surface area contributed by atoms with Crippen LogP contribution in [0.25, 0.3) is 0 Å². The summed E-state index contributed by atoms with van der Waals surface area (Å²) < 4.78 is 0. The fourth-order valence-corrected chi connectivity index (χ4v) is 4.06. The maximum atomic E-state index is 10.7. The van der Waals surface area contributed by atoms with E-state index in [1.54, 1.807) is 0 Å². The average Bonchev–Trinajstić information content (AvgIpc) is 2.94. The minimum Gasteiger partial charge on any atom is -0.481 e. The molecular weight excluding hydrogens is 334 g/mol. The van der Waals surface area contributed by atoms with Gasteiger partial charge in [0.2, 0.25) is 0 Å². The summed E-state index contributed by atoms with van der Waals surface area (Å²) in [6.07, 6.45) is 3.20. The van der Waals surface area contributed by atoms with Gasteiger partial charge >= 0.3 is 5.97 Å². The van der Waals surface area contributed by atoms with Gasteiger partial charge in [-0.1, -0.05) is 6.92 Å². The number of benzene rings is 1. The number of carboxylic acid groups (broad SMARTS) is 1. The first-order valence-corrected chi connectivity index (χ1v) is 9.63. The molecule has 0 bridgehead atoms. The molecule has 2 aromatic rings. The molecular formula is C19H25N3O2S. The van der Waals surface area contributed by atoms with E-state index in [9.17, 15) is 4.79 Å². The zero-order valence-corrected chi connectivity index (χ0v) is 15.6. The quantitative estimate of drug-likeness (QED) is 0.798. The number of anilines is 3. The highest BCUT2D eigenvalue weighted by Crippen LogP contribution is 2.29. The summed E-state index contributed by atoms with van der Waals surface area (Å²) in [5.74, 6) is 0.0608. The molecule has 0 atom stereocenters. The molecule has 0 spiro atoms. The smallest absolute Gasteiger partial charge is 0.303 e. The first-order valence-electron chi connectivity index (χ1n) is 8.81. The van der Waals surface area contributed by atoms with E-state index in [1.165, 1.54) is 29.9 Å². The molecule has 1 saturated heterocycles. The molecule has 2 N–H and O–H groups in total. The summed E-state index contributed by atoms with van der Waals surface area (Å²) >= 11 is 1.53. The van der Waals surface area contributed by atoms with Crippen molar-refractivity contribution in [1.82, 2.24) is 4.98 Å². The Morgan fingerprint density at radius 2 is 2.00 bits per heavy atom. The molecule has 1 aromatic carbocycles. The van der Waals surface area contributed by atoms with Gasteiger partial charge in [-0.25, -0.2) is 4.98 Å². The number of nitrogens with one attached hydrogen (secondary N) is 1. The van der Waals surface area contributed by atoms with Crippen LogP contribution in [0.4, 0.5) is 16.5 Å². The molecule has 5 nitrogen and oxygen atoms in total. The van der Waals surface area contributed by atoms with Gasteiger partial charge in [-0.3, -0.25) is 4.79 Å². The SMILES string of the molecule is Cc1nc(Nc2ccc(N3CCC(C)CC3)cc2)sc1CCC(=O)O. The minimum absolute atomic E-state index is 0.144. The van der Waals surface area contributed by atoms with Gasteiger partial charge in [-0.05, 0) is 56.4 Å². The Labute approximate surface area is 152 Å². The van der Waals surface area contributed by atoms with Crippen molar-refractivity contribution in [2.24, 2.45) is 5.92 Å². The van der Waals surface area contributed by atoms with Crippen molar-refractivity contribution in [2.75, 3.05) is 23.3 Å². The van der Waals surface area contributed by atoms with Gasteiger partial charge in [0, 0.05) is 29.3 Å². The number of carboxylic acids is 1. The Hall–Kier alpha value is -2.08. The van der Waals surface area contributed by atoms with Gasteiger partial charge in [-0.2, -0.15) is 0 Å². The van der Waals surface area contributed by atoms with Crippen LogP contribution in [0.5, 0.6) is 0 Å². The van der Waals surface area contributed by atoms with E-state index < -0.39 is 5.97 Å². The number of carbonyl (C=O) groups is 1. The third-order valence-corrected chi connectivity index (χ3v) is 5.86. The van der Waals surface area contributed by atoms with Gasteiger partial charge in [-0.15, -0.1) is 11.3 Å². The van der Waals surface area contributed by atoms with Crippen LogP contribution in [0.3, 0.4) is 0 Å². The third-order valence-electron chi connectivity index (χ3n) is 4.73. The van der Waals surface area contributed by atoms with Crippen molar-refractivity contribution in [3.8, 4) is 0 Å². The van der Waals surface area contributed by atoms with Crippen molar-refractivity contribution in [1.29, 1.82) is 0 Å². The van der Waals surface area contributed by atoms with Crippen LogP contribution in [0.2, 0.25) is 0 Å². The fourth-order valence-electron chi connectivity index (χ4n) is 3.08. The first kappa shape index (κ1) is 17.7. The van der Waals surface area contributed by atoms with E-state index in [2.05, 4.69) is 46.4 Å². The second-order valence-electron chi connectivity index (χ2n) is 6.76. The lowest BCUT2D eigenvalue weighted by Gasteiger charge is -2.32. The number of thiazole rings is 1. The topological polar surface area (TPSA) is 65.5 Å². The number of hydrogen-bond donors (Lipinski definition) is 2. The molecule has 3 rings (SSSR count). The van der Waals surface area contributed by atoms with Crippen LogP contribution in [-0.2, 0) is 11.2 Å². The average molecular weight is 359 g/mol. The highest BCUT2D eigenvalue weighted by molar-refractivity contribution is 7.15. The largest absolute Gasteiger partial charge is 0.481 e. The molecule has 0 amide bonds. The second-order valence-corrected chi connectivity index (χ2v) is 7.85. The van der Waals surface area contributed by atoms with E-state index in [0.717, 1.165) is 40.4 Å². The lowest BCUT2D eigenvalue weighted by molar-refractivity contribution is -0.136. The summed E-state index contributed by atoms with van der Waals surface area (Å²) in [6, 6.07) is 8.48. The Bertz CT molecular complexity index is 719. The van der Waals surface area contributed by atoms with Crippen LogP contribution in [0.1, 0.15) is 36.8 Å². The summed E-state index contributed by atoms with van der Waals surface area (Å²) in [5.41, 5.74) is 3.19. The lowest BCUT2D eigenvalue weighted by Crippen LogP contribution is -2.32. The molecule has 0 saturated carbocycles. The Kier molecular flexibility index (Phi) is 5.58. The molecule has 1 aliphatic rings. The summed E-state index contributed by atoms with van der Waals surface area (Å²) in [5, 5.41) is 13.0. The van der Waals surface area contributed by atoms with Crippen molar-refractivity contribution in [3.63, 3.8) is 0 Å². The monoisotopic (exact) mass is 359 g/mol. The van der Waals surface area contributed by atoms with Gasteiger partial charge < -0.3 is 15.3 Å². The minimum atomic E-state index is -0.773. The van der Waals surface area contributed by atoms with Crippen LogP contribution in [-0.4, -0.2) is 29.1 Å². The highest BCUT2D eigenvalue weighted by Gasteiger charge is 2.16. The van der Waals surface area contributed by atoms with Crippen molar-refractivity contribution in [2.45, 2.75) is 39.5 Å². The number of nitrogens with zero attached hydrogens (tertiary/aromatic N) is 2. The summed E-state index contributed by atoms with van der Waals surface area (Å²) in [4.78, 5) is 18.7. The molecule has 25 heavy (non-hydrogen) atoms. The molecule has 1 fully saturated rings. The van der Waals surface area contributed by atoms with E-state index in [4.69, 9.17) is 5.11 Å². The van der Waals surface area contributed by atoms with Gasteiger partial charge in [0.25, 0.3) is 0 Å². The van der Waals surface area contributed by atoms with Crippen LogP contribution in [0, 0.1) is 12.8 Å². The zero-order chi connectivity index (χ0) is 17.8. The first-order chi connectivity index (χ1) is 12.0. The highest BCUT2D eigenvalue weighted by atomic mass is 32.1. The Morgan fingerprint density at radius 3 is 2.64 bits per heavy atom. The number of piperidine rings is 1. The Morgan fingerprint density at radius 1 is 1.32 bits per heavy atom. The molecule has 0 aliphatic carbocycles. The molecule has 1 aliphatic heterocycles. The second kappa shape index (κ2) is 7.87. The van der Waals surface area contributed by atoms with E-state index in [-0.39, 0.29) is 6.42 Å². The number of aryl methyl sites for hydroxylation is 2. The number of hydrogen-bond acceptors (Lipinski definition) is 5. The number of aromatic nitrogens is 1. The third kappa shape index (κ3) is 4.72. The maximum absolute atomic E-state index is 10.7. The van der Waals surface area contributed by atoms with E-state index in [0.29, 0.717) is 6.42 Å². The van der Waals surface area contributed by atoms with Gasteiger partial charge in [0.1, 0.15) is 0 Å². The van der Waals surface area contributed by atoms with Crippen molar-refractivity contribution >= 4 is 33.8 Å². The predicted molar refractivity (Wildman–Crippen MR) is 103 cm³/mol. The molecule has 134 valence electrons. The predicted octanol–water partition coefficient (Wildman–Crippen LogP) is 4.45. The fraction of sp³-hybridized carbons (Fsp3) is 0.474. The lowest BCUT2D eigenvalue weighted by atomic mass is 9.99. The molecule has 0 radical (unpaired) electrons. The normalized spacial score (nSPS) is 15.4. The van der Waals surface area contributed by atoms with Crippen molar-refractivity contribution in [3.05, 3.63) is 34.8 Å². The molecule has 0 unspecified atom stereocenters. The van der Waals surface area contributed by atoms with Gasteiger partial charge in [0.15, 0.2) is 5.13 Å². The van der Waals surface area contributed by atoms with Crippen LogP contribution < -0.4 is 10.2 Å². The maximum Gasteiger partial charge on any atom is 0.303 e. The zero-order valence-electron chi connectivity index (χ0n) is 14.8. The molecule has 6 heteroatoms. The van der Waals surface area contributed by atoms with Crippen LogP contribution in [0.15, 0.2) is 24.3 Å². The van der Waals surface area contributed by atoms with Crippen LogP contribution >= 0.6 is 11.3 Å². The number of aliphatic carboxylic acids is 1. The number of rotatable bonds is 6. The molecule has 2 heterocycles. The van der Waals surface area contributed by atoms with Crippen molar-refractivity contribution < 1.29 is 9.90 Å². The van der Waals surface area contributed by atoms with E-state index >= 15 is 0 Å². The Balaban J connectivity index is 1.61. The summed E-state index contributed by atoms with van der Waals surface area (Å²) in [6.45, 7) is 6.52. The van der Waals surface area contributed by atoms with Gasteiger partial charge in [0.05, 0.1) is 12.1 Å². The molecule has 1 aromatic heterocycles. The van der Waals surface area contributed by atoms with E-state index in [1.807, 2.05) is 6.92 Å². The standard InChI is InChI=1S/C19H25N3O2S/c1-13-9-11-22(12-10-13)16-5-3-15(4-6-16)21-19-20-14(2)17(25-19)7-8-18(23)24/h3-6,13H,7-12H2,1-2H3,(H,20,21)(H,23,24). The summed E-state index contributed by atoms with van der Waals surface area (Å²) in [7, 11) is 0.